The van der Waals surface area contributed by atoms with Gasteiger partial charge < -0.3 is 4.74 Å². The van der Waals surface area contributed by atoms with Crippen LogP contribution in [0.2, 0.25) is 0 Å². The van der Waals surface area contributed by atoms with Crippen molar-refractivity contribution in [2.75, 3.05) is 0 Å². The molecule has 2 unspecified atom stereocenters. The first-order valence-electron chi connectivity index (χ1n) is 10.3. The number of nitrogens with zero attached hydrogens (tertiary/aromatic N) is 2. The lowest BCUT2D eigenvalue weighted by atomic mass is 9.96. The molecule has 0 aromatic heterocycles. The molecular formula is C26H20N2O5. The molecule has 33 heavy (non-hydrogen) atoms. The largest absolute Gasteiger partial charge is 0.356 e. The molecule has 0 spiro atoms. The third kappa shape index (κ3) is 4.78. The maximum absolute atomic E-state index is 11.8. The van der Waals surface area contributed by atoms with Crippen molar-refractivity contribution >= 4 is 11.4 Å². The van der Waals surface area contributed by atoms with Crippen molar-refractivity contribution in [2.45, 2.75) is 12.2 Å². The van der Waals surface area contributed by atoms with Gasteiger partial charge in [0.15, 0.2) is 0 Å². The molecule has 0 fully saturated rings. The number of hydrogen-bond donors (Lipinski definition) is 0. The van der Waals surface area contributed by atoms with Gasteiger partial charge in [-0.05, 0) is 23.3 Å². The minimum atomic E-state index is -0.835. The first-order valence-corrected chi connectivity index (χ1v) is 10.3. The Morgan fingerprint density at radius 3 is 1.21 bits per heavy atom. The standard InChI is InChI=1S/C26H20N2O5/c29-27(30)23-17-9-7-15-21(23)25(19-11-3-1-4-12-19)33-26(20-13-5-2-6-14-20)22-16-8-10-18-24(22)28(31)32/h1-18,25-26H. The van der Waals surface area contributed by atoms with E-state index < -0.39 is 22.1 Å². The van der Waals surface area contributed by atoms with E-state index in [1.54, 1.807) is 36.4 Å². The van der Waals surface area contributed by atoms with Crippen molar-refractivity contribution in [3.8, 4) is 0 Å². The Kier molecular flexibility index (Phi) is 6.52. The van der Waals surface area contributed by atoms with E-state index in [-0.39, 0.29) is 11.4 Å². The first kappa shape index (κ1) is 21.9. The van der Waals surface area contributed by atoms with Gasteiger partial charge in [-0.15, -0.1) is 0 Å². The van der Waals surface area contributed by atoms with Gasteiger partial charge in [-0.1, -0.05) is 84.9 Å². The Morgan fingerprint density at radius 1 is 0.515 bits per heavy atom. The summed E-state index contributed by atoms with van der Waals surface area (Å²) in [7, 11) is 0. The second-order valence-corrected chi connectivity index (χ2v) is 7.35. The molecule has 7 heteroatoms. The summed E-state index contributed by atoms with van der Waals surface area (Å²) in [5.41, 5.74) is 1.97. The Labute approximate surface area is 190 Å². The van der Waals surface area contributed by atoms with E-state index in [9.17, 15) is 20.2 Å². The van der Waals surface area contributed by atoms with Crippen LogP contribution in [-0.2, 0) is 4.74 Å². The molecule has 0 aliphatic heterocycles. The van der Waals surface area contributed by atoms with Crippen LogP contribution in [0.4, 0.5) is 11.4 Å². The molecule has 4 aromatic rings. The minimum absolute atomic E-state index is 0.0827. The van der Waals surface area contributed by atoms with Crippen LogP contribution in [0, 0.1) is 20.2 Å². The molecule has 0 aliphatic rings. The molecule has 0 amide bonds. The topological polar surface area (TPSA) is 95.5 Å². The lowest BCUT2D eigenvalue weighted by Gasteiger charge is -2.26. The molecule has 164 valence electrons. The summed E-state index contributed by atoms with van der Waals surface area (Å²) in [6.07, 6.45) is -1.67. The number of para-hydroxylation sites is 2. The summed E-state index contributed by atoms with van der Waals surface area (Å²) in [5, 5.41) is 23.6. The zero-order valence-electron chi connectivity index (χ0n) is 17.5. The van der Waals surface area contributed by atoms with E-state index in [1.807, 2.05) is 60.7 Å². The SMILES string of the molecule is O=[N+]([O-])c1ccccc1C(OC(c1ccccc1)c1ccccc1[N+](=O)[O-])c1ccccc1. The molecule has 2 atom stereocenters. The van der Waals surface area contributed by atoms with Crippen molar-refractivity contribution in [3.63, 3.8) is 0 Å². The fraction of sp³-hybridized carbons (Fsp3) is 0.0769. The minimum Gasteiger partial charge on any atom is -0.356 e. The normalized spacial score (nSPS) is 12.6. The number of benzene rings is 4. The van der Waals surface area contributed by atoms with Crippen molar-refractivity contribution in [3.05, 3.63) is 152 Å². The Hall–Kier alpha value is -4.36. The number of rotatable bonds is 8. The van der Waals surface area contributed by atoms with Gasteiger partial charge in [-0.2, -0.15) is 0 Å². The summed E-state index contributed by atoms with van der Waals surface area (Å²) < 4.78 is 6.57. The van der Waals surface area contributed by atoms with Crippen LogP contribution in [0.15, 0.2) is 109 Å². The van der Waals surface area contributed by atoms with Crippen LogP contribution >= 0.6 is 0 Å². The highest BCUT2D eigenvalue weighted by molar-refractivity contribution is 5.48. The van der Waals surface area contributed by atoms with Crippen molar-refractivity contribution < 1.29 is 14.6 Å². The molecule has 0 heterocycles. The van der Waals surface area contributed by atoms with Crippen LogP contribution in [0.3, 0.4) is 0 Å². The van der Waals surface area contributed by atoms with Gasteiger partial charge in [0.2, 0.25) is 0 Å². The summed E-state index contributed by atoms with van der Waals surface area (Å²) in [5.74, 6) is 0. The molecule has 0 saturated carbocycles. The van der Waals surface area contributed by atoms with E-state index in [1.165, 1.54) is 12.1 Å². The van der Waals surface area contributed by atoms with Gasteiger partial charge >= 0.3 is 0 Å². The number of hydrogen-bond acceptors (Lipinski definition) is 5. The fourth-order valence-electron chi connectivity index (χ4n) is 3.81. The predicted molar refractivity (Wildman–Crippen MR) is 124 cm³/mol. The van der Waals surface area contributed by atoms with Crippen molar-refractivity contribution in [1.82, 2.24) is 0 Å². The highest BCUT2D eigenvalue weighted by Crippen LogP contribution is 2.41. The zero-order chi connectivity index (χ0) is 23.2. The van der Waals surface area contributed by atoms with Crippen LogP contribution in [0.1, 0.15) is 34.5 Å². The van der Waals surface area contributed by atoms with Crippen molar-refractivity contribution in [1.29, 1.82) is 0 Å². The van der Waals surface area contributed by atoms with Crippen molar-refractivity contribution in [2.24, 2.45) is 0 Å². The molecule has 4 aromatic carbocycles. The molecule has 7 nitrogen and oxygen atoms in total. The maximum Gasteiger partial charge on any atom is 0.275 e. The number of nitro groups is 2. The third-order valence-electron chi connectivity index (χ3n) is 5.31. The summed E-state index contributed by atoms with van der Waals surface area (Å²) in [6, 6.07) is 31.0. The number of nitro benzene ring substituents is 2. The summed E-state index contributed by atoms with van der Waals surface area (Å²) >= 11 is 0. The monoisotopic (exact) mass is 440 g/mol. The Bertz CT molecular complexity index is 1160. The second kappa shape index (κ2) is 9.84. The van der Waals surface area contributed by atoms with E-state index in [4.69, 9.17) is 4.74 Å². The fourth-order valence-corrected chi connectivity index (χ4v) is 3.81. The van der Waals surface area contributed by atoms with Gasteiger partial charge in [-0.25, -0.2) is 0 Å². The highest BCUT2D eigenvalue weighted by Gasteiger charge is 2.31. The molecule has 0 aliphatic carbocycles. The van der Waals surface area contributed by atoms with Crippen LogP contribution in [-0.4, -0.2) is 9.85 Å². The molecule has 4 rings (SSSR count). The maximum atomic E-state index is 11.8. The van der Waals surface area contributed by atoms with Crippen LogP contribution in [0.5, 0.6) is 0 Å². The summed E-state index contributed by atoms with van der Waals surface area (Å²) in [4.78, 5) is 22.7. The Balaban J connectivity index is 1.90. The highest BCUT2D eigenvalue weighted by atomic mass is 16.6. The third-order valence-corrected chi connectivity index (χ3v) is 5.31. The summed E-state index contributed by atoms with van der Waals surface area (Å²) in [6.45, 7) is 0. The van der Waals surface area contributed by atoms with E-state index >= 15 is 0 Å². The van der Waals surface area contributed by atoms with Gasteiger partial charge in [-0.3, -0.25) is 20.2 Å². The average molecular weight is 440 g/mol. The predicted octanol–water partition coefficient (Wildman–Crippen LogP) is 6.40. The smallest absolute Gasteiger partial charge is 0.275 e. The second-order valence-electron chi connectivity index (χ2n) is 7.35. The lowest BCUT2D eigenvalue weighted by molar-refractivity contribution is -0.386. The quantitative estimate of drug-likeness (QED) is 0.233. The number of ether oxygens (including phenoxy) is 1. The van der Waals surface area contributed by atoms with Crippen LogP contribution in [0.25, 0.3) is 0 Å². The molecule has 0 bridgehead atoms. The van der Waals surface area contributed by atoms with Gasteiger partial charge in [0.05, 0.1) is 21.0 Å². The zero-order valence-corrected chi connectivity index (χ0v) is 17.5. The average Bonchev–Trinajstić information content (AvgIpc) is 2.86. The van der Waals surface area contributed by atoms with E-state index in [0.29, 0.717) is 22.3 Å². The van der Waals surface area contributed by atoms with Crippen LogP contribution < -0.4 is 0 Å². The molecular weight excluding hydrogens is 420 g/mol. The molecule has 0 N–H and O–H groups in total. The Morgan fingerprint density at radius 2 is 0.848 bits per heavy atom. The van der Waals surface area contributed by atoms with Gasteiger partial charge in [0, 0.05) is 12.1 Å². The van der Waals surface area contributed by atoms with E-state index in [0.717, 1.165) is 0 Å². The van der Waals surface area contributed by atoms with Gasteiger partial charge in [0.25, 0.3) is 11.4 Å². The van der Waals surface area contributed by atoms with Gasteiger partial charge in [0.1, 0.15) is 12.2 Å². The first-order chi connectivity index (χ1) is 16.1. The van der Waals surface area contributed by atoms with E-state index in [2.05, 4.69) is 0 Å². The molecule has 0 saturated heterocycles. The molecule has 0 radical (unpaired) electrons. The lowest BCUT2D eigenvalue weighted by Crippen LogP contribution is -2.15.